The normalized spacial score (nSPS) is 25.6. The Kier molecular flexibility index (Phi) is 4.29. The zero-order valence-corrected chi connectivity index (χ0v) is 12.1. The Balaban J connectivity index is 2.20. The van der Waals surface area contributed by atoms with Crippen LogP contribution < -0.4 is 5.73 Å². The topological polar surface area (TPSA) is 88.4 Å². The van der Waals surface area contributed by atoms with Crippen molar-refractivity contribution in [1.82, 2.24) is 9.29 Å². The number of ether oxygens (including phenoxy) is 1. The zero-order chi connectivity index (χ0) is 14.0. The van der Waals surface area contributed by atoms with Crippen molar-refractivity contribution < 1.29 is 13.2 Å². The van der Waals surface area contributed by atoms with Crippen LogP contribution in [0.5, 0.6) is 0 Å². The van der Waals surface area contributed by atoms with Gasteiger partial charge in [0.15, 0.2) is 0 Å². The Morgan fingerprint density at radius 3 is 2.89 bits per heavy atom. The van der Waals surface area contributed by atoms with Crippen molar-refractivity contribution >= 4 is 10.0 Å². The quantitative estimate of drug-likeness (QED) is 0.845. The van der Waals surface area contributed by atoms with Crippen LogP contribution in [-0.4, -0.2) is 44.0 Å². The fourth-order valence-electron chi connectivity index (χ4n) is 2.37. The Morgan fingerprint density at radius 2 is 2.32 bits per heavy atom. The van der Waals surface area contributed by atoms with Gasteiger partial charge in [0.25, 0.3) is 0 Å². The smallest absolute Gasteiger partial charge is 0.244 e. The summed E-state index contributed by atoms with van der Waals surface area (Å²) in [5.41, 5.74) is 6.20. The number of hydrogen-bond donors (Lipinski definition) is 2. The van der Waals surface area contributed by atoms with Crippen LogP contribution in [0.25, 0.3) is 0 Å². The fourth-order valence-corrected chi connectivity index (χ4v) is 3.85. The molecule has 1 fully saturated rings. The van der Waals surface area contributed by atoms with Gasteiger partial charge in [-0.25, -0.2) is 8.42 Å². The van der Waals surface area contributed by atoms with Crippen molar-refractivity contribution in [2.75, 3.05) is 20.2 Å². The summed E-state index contributed by atoms with van der Waals surface area (Å²) in [6, 6.07) is 1.59. The minimum absolute atomic E-state index is 0.0450. The molecule has 1 aromatic heterocycles. The molecule has 3 N–H and O–H groups in total. The van der Waals surface area contributed by atoms with E-state index in [2.05, 4.69) is 11.9 Å². The maximum Gasteiger partial charge on any atom is 0.244 e. The second kappa shape index (κ2) is 5.62. The van der Waals surface area contributed by atoms with Crippen molar-refractivity contribution in [1.29, 1.82) is 0 Å². The van der Waals surface area contributed by atoms with E-state index in [-0.39, 0.29) is 11.0 Å². The number of aromatic amines is 1. The minimum atomic E-state index is -3.45. The first-order chi connectivity index (χ1) is 8.98. The van der Waals surface area contributed by atoms with Gasteiger partial charge in [0, 0.05) is 38.6 Å². The molecule has 1 aromatic rings. The van der Waals surface area contributed by atoms with E-state index in [1.807, 2.05) is 0 Å². The van der Waals surface area contributed by atoms with Gasteiger partial charge >= 0.3 is 0 Å². The molecule has 7 heteroatoms. The summed E-state index contributed by atoms with van der Waals surface area (Å²) in [5, 5.41) is 0. The van der Waals surface area contributed by atoms with Gasteiger partial charge in [-0.3, -0.25) is 0 Å². The average Bonchev–Trinajstić information content (AvgIpc) is 2.88. The van der Waals surface area contributed by atoms with Gasteiger partial charge in [0.05, 0.1) is 11.0 Å². The summed E-state index contributed by atoms with van der Waals surface area (Å²) in [4.78, 5) is 3.15. The van der Waals surface area contributed by atoms with Crippen LogP contribution in [0, 0.1) is 5.92 Å². The molecule has 0 aliphatic carbocycles. The first-order valence-corrected chi connectivity index (χ1v) is 7.83. The summed E-state index contributed by atoms with van der Waals surface area (Å²) in [6.07, 6.45) is 2.26. The molecule has 0 spiro atoms. The van der Waals surface area contributed by atoms with E-state index in [0.717, 1.165) is 6.42 Å². The predicted molar refractivity (Wildman–Crippen MR) is 72.0 cm³/mol. The number of piperidine rings is 1. The number of hydrogen-bond acceptors (Lipinski definition) is 4. The third-order valence-corrected chi connectivity index (χ3v) is 5.57. The monoisotopic (exact) mass is 287 g/mol. The molecule has 19 heavy (non-hydrogen) atoms. The molecule has 1 aliphatic heterocycles. The summed E-state index contributed by atoms with van der Waals surface area (Å²) < 4.78 is 31.8. The number of H-pyrrole nitrogens is 1. The molecule has 6 nitrogen and oxygen atoms in total. The molecule has 0 amide bonds. The second-order valence-corrected chi connectivity index (χ2v) is 6.91. The Bertz CT molecular complexity index is 526. The molecule has 108 valence electrons. The standard InChI is InChI=1S/C12H21N3O3S/c1-9-3-4-15(8-12(9)18-2)19(16,17)11-5-10(6-13)14-7-11/h5,7,9,12,14H,3-4,6,8,13H2,1-2H3. The molecular weight excluding hydrogens is 266 g/mol. The highest BCUT2D eigenvalue weighted by Crippen LogP contribution is 2.25. The molecule has 0 aromatic carbocycles. The van der Waals surface area contributed by atoms with Crippen molar-refractivity contribution in [3.8, 4) is 0 Å². The highest BCUT2D eigenvalue weighted by atomic mass is 32.2. The van der Waals surface area contributed by atoms with Crippen LogP contribution in [0.1, 0.15) is 19.0 Å². The van der Waals surface area contributed by atoms with Crippen LogP contribution in [0.15, 0.2) is 17.2 Å². The van der Waals surface area contributed by atoms with Crippen molar-refractivity contribution in [3.05, 3.63) is 18.0 Å². The van der Waals surface area contributed by atoms with Crippen LogP contribution in [0.3, 0.4) is 0 Å². The molecule has 2 atom stereocenters. The van der Waals surface area contributed by atoms with Gasteiger partial charge in [0.2, 0.25) is 10.0 Å². The maximum atomic E-state index is 12.5. The number of sulfonamides is 1. The molecule has 2 rings (SSSR count). The van der Waals surface area contributed by atoms with Crippen molar-refractivity contribution in [3.63, 3.8) is 0 Å². The first kappa shape index (κ1) is 14.5. The summed E-state index contributed by atoms with van der Waals surface area (Å²) in [6.45, 7) is 3.32. The van der Waals surface area contributed by atoms with Crippen molar-refractivity contribution in [2.24, 2.45) is 11.7 Å². The number of aromatic nitrogens is 1. The van der Waals surface area contributed by atoms with Gasteiger partial charge in [0.1, 0.15) is 0 Å². The highest BCUT2D eigenvalue weighted by Gasteiger charge is 2.34. The third-order valence-electron chi connectivity index (χ3n) is 3.73. The zero-order valence-electron chi connectivity index (χ0n) is 11.3. The third kappa shape index (κ3) is 2.84. The van der Waals surface area contributed by atoms with E-state index >= 15 is 0 Å². The Morgan fingerprint density at radius 1 is 1.58 bits per heavy atom. The van der Waals surface area contributed by atoms with E-state index in [4.69, 9.17) is 10.5 Å². The predicted octanol–water partition coefficient (Wildman–Crippen LogP) is 0.519. The number of nitrogens with two attached hydrogens (primary N) is 1. The summed E-state index contributed by atoms with van der Waals surface area (Å²) >= 11 is 0. The summed E-state index contributed by atoms with van der Waals surface area (Å²) in [5.74, 6) is 0.377. The van der Waals surface area contributed by atoms with Gasteiger partial charge in [-0.05, 0) is 18.4 Å². The Hall–Kier alpha value is -0.890. The van der Waals surface area contributed by atoms with Gasteiger partial charge in [-0.15, -0.1) is 0 Å². The largest absolute Gasteiger partial charge is 0.380 e. The number of rotatable bonds is 4. The molecule has 0 bridgehead atoms. The lowest BCUT2D eigenvalue weighted by molar-refractivity contribution is 0.0184. The average molecular weight is 287 g/mol. The van der Waals surface area contributed by atoms with Gasteiger partial charge < -0.3 is 15.5 Å². The second-order valence-electron chi connectivity index (χ2n) is 4.97. The number of nitrogens with zero attached hydrogens (tertiary/aromatic N) is 1. The first-order valence-electron chi connectivity index (χ1n) is 6.39. The van der Waals surface area contributed by atoms with Gasteiger partial charge in [-0.2, -0.15) is 4.31 Å². The lowest BCUT2D eigenvalue weighted by Crippen LogP contribution is -2.46. The maximum absolute atomic E-state index is 12.5. The van der Waals surface area contributed by atoms with Gasteiger partial charge in [-0.1, -0.05) is 6.92 Å². The lowest BCUT2D eigenvalue weighted by atomic mass is 9.97. The van der Waals surface area contributed by atoms with Crippen LogP contribution >= 0.6 is 0 Å². The molecule has 0 radical (unpaired) electrons. The molecule has 2 heterocycles. The van der Waals surface area contributed by atoms with E-state index in [1.165, 1.54) is 10.5 Å². The number of methoxy groups -OCH3 is 1. The van der Waals surface area contributed by atoms with Crippen LogP contribution in [0.4, 0.5) is 0 Å². The lowest BCUT2D eigenvalue weighted by Gasteiger charge is -2.35. The SMILES string of the molecule is COC1CN(S(=O)(=O)c2c[nH]c(CN)c2)CCC1C. The summed E-state index contributed by atoms with van der Waals surface area (Å²) in [7, 11) is -1.83. The van der Waals surface area contributed by atoms with Crippen LogP contribution in [-0.2, 0) is 21.3 Å². The van der Waals surface area contributed by atoms with E-state index in [0.29, 0.717) is 31.2 Å². The molecule has 1 aliphatic rings. The molecule has 1 saturated heterocycles. The fraction of sp³-hybridized carbons (Fsp3) is 0.667. The molecule has 0 saturated carbocycles. The van der Waals surface area contributed by atoms with E-state index in [9.17, 15) is 8.42 Å². The minimum Gasteiger partial charge on any atom is -0.380 e. The Labute approximate surface area is 114 Å². The van der Waals surface area contributed by atoms with E-state index < -0.39 is 10.0 Å². The van der Waals surface area contributed by atoms with Crippen molar-refractivity contribution in [2.45, 2.75) is 30.9 Å². The molecular formula is C12H21N3O3S. The molecule has 2 unspecified atom stereocenters. The number of nitrogens with one attached hydrogen (secondary N) is 1. The van der Waals surface area contributed by atoms with Crippen LogP contribution in [0.2, 0.25) is 0 Å². The highest BCUT2D eigenvalue weighted by molar-refractivity contribution is 7.89. The van der Waals surface area contributed by atoms with E-state index in [1.54, 1.807) is 13.2 Å².